The van der Waals surface area contributed by atoms with E-state index in [9.17, 15) is 4.79 Å². The second-order valence-electron chi connectivity index (χ2n) is 4.53. The number of carbonyl (C=O) groups is 1. The van der Waals surface area contributed by atoms with Crippen molar-refractivity contribution in [3.63, 3.8) is 0 Å². The number of hydrogen-bond acceptors (Lipinski definition) is 2. The highest BCUT2D eigenvalue weighted by Gasteiger charge is 2.32. The van der Waals surface area contributed by atoms with Crippen LogP contribution in [0.3, 0.4) is 0 Å². The molecule has 0 atom stereocenters. The van der Waals surface area contributed by atoms with Crippen LogP contribution in [0.5, 0.6) is 0 Å². The van der Waals surface area contributed by atoms with Gasteiger partial charge < -0.3 is 10.1 Å². The standard InChI is InChI=1S/C12H22BrNO2/c1-2-3-4-5-11(15)14-12(10-13)6-8-16-9-7-12/h2-10H2,1H3,(H,14,15). The second-order valence-corrected chi connectivity index (χ2v) is 5.09. The molecule has 0 aliphatic carbocycles. The Labute approximate surface area is 106 Å². The Morgan fingerprint density at radius 2 is 2.06 bits per heavy atom. The Bertz CT molecular complexity index is 215. The molecule has 1 fully saturated rings. The molecular formula is C12H22BrNO2. The van der Waals surface area contributed by atoms with Gasteiger partial charge in [0, 0.05) is 25.0 Å². The molecule has 1 heterocycles. The summed E-state index contributed by atoms with van der Waals surface area (Å²) in [7, 11) is 0. The van der Waals surface area contributed by atoms with Crippen molar-refractivity contribution >= 4 is 21.8 Å². The summed E-state index contributed by atoms with van der Waals surface area (Å²) in [6, 6.07) is 0. The van der Waals surface area contributed by atoms with Gasteiger partial charge in [0.15, 0.2) is 0 Å². The SMILES string of the molecule is CCCCCC(=O)NC1(CBr)CCOCC1. The molecule has 3 nitrogen and oxygen atoms in total. The van der Waals surface area contributed by atoms with Crippen LogP contribution in [0.1, 0.15) is 45.4 Å². The van der Waals surface area contributed by atoms with E-state index in [4.69, 9.17) is 4.74 Å². The van der Waals surface area contributed by atoms with Gasteiger partial charge in [-0.2, -0.15) is 0 Å². The molecule has 1 aliphatic rings. The van der Waals surface area contributed by atoms with Gasteiger partial charge in [-0.1, -0.05) is 35.7 Å². The van der Waals surface area contributed by atoms with Crippen LogP contribution in [0.15, 0.2) is 0 Å². The van der Waals surface area contributed by atoms with E-state index in [-0.39, 0.29) is 11.4 Å². The number of unbranched alkanes of at least 4 members (excludes halogenated alkanes) is 2. The smallest absolute Gasteiger partial charge is 0.220 e. The quantitative estimate of drug-likeness (QED) is 0.603. The molecule has 16 heavy (non-hydrogen) atoms. The van der Waals surface area contributed by atoms with E-state index in [1.165, 1.54) is 0 Å². The van der Waals surface area contributed by atoms with Crippen molar-refractivity contribution < 1.29 is 9.53 Å². The molecule has 0 aromatic carbocycles. The monoisotopic (exact) mass is 291 g/mol. The molecule has 0 spiro atoms. The molecule has 1 saturated heterocycles. The molecule has 0 bridgehead atoms. The normalized spacial score (nSPS) is 19.4. The topological polar surface area (TPSA) is 38.3 Å². The molecule has 0 saturated carbocycles. The van der Waals surface area contributed by atoms with Gasteiger partial charge in [0.2, 0.25) is 5.91 Å². The number of hydrogen-bond donors (Lipinski definition) is 1. The number of carbonyl (C=O) groups excluding carboxylic acids is 1. The zero-order valence-corrected chi connectivity index (χ0v) is 11.6. The van der Waals surface area contributed by atoms with Crippen LogP contribution in [-0.4, -0.2) is 30.0 Å². The number of alkyl halides is 1. The fraction of sp³-hybridized carbons (Fsp3) is 0.917. The van der Waals surface area contributed by atoms with Crippen molar-refractivity contribution in [1.29, 1.82) is 0 Å². The van der Waals surface area contributed by atoms with Crippen molar-refractivity contribution in [2.45, 2.75) is 51.0 Å². The summed E-state index contributed by atoms with van der Waals surface area (Å²) in [5, 5.41) is 4.00. The average Bonchev–Trinajstić information content (AvgIpc) is 2.30. The molecule has 0 aromatic heterocycles. The van der Waals surface area contributed by atoms with E-state index in [2.05, 4.69) is 28.2 Å². The van der Waals surface area contributed by atoms with Gasteiger partial charge in [0.25, 0.3) is 0 Å². The van der Waals surface area contributed by atoms with E-state index in [1.54, 1.807) is 0 Å². The molecule has 1 rings (SSSR count). The number of rotatable bonds is 6. The highest BCUT2D eigenvalue weighted by molar-refractivity contribution is 9.09. The highest BCUT2D eigenvalue weighted by Crippen LogP contribution is 2.23. The largest absolute Gasteiger partial charge is 0.381 e. The van der Waals surface area contributed by atoms with Crippen molar-refractivity contribution in [2.24, 2.45) is 0 Å². The first kappa shape index (κ1) is 14.0. The van der Waals surface area contributed by atoms with Crippen LogP contribution in [0.4, 0.5) is 0 Å². The van der Waals surface area contributed by atoms with Gasteiger partial charge in [-0.15, -0.1) is 0 Å². The minimum atomic E-state index is -0.0679. The summed E-state index contributed by atoms with van der Waals surface area (Å²) in [5.41, 5.74) is -0.0679. The van der Waals surface area contributed by atoms with E-state index in [0.29, 0.717) is 6.42 Å². The Kier molecular flexibility index (Phi) is 6.36. The maximum absolute atomic E-state index is 11.8. The maximum Gasteiger partial charge on any atom is 0.220 e. The first-order chi connectivity index (χ1) is 7.72. The molecule has 4 heteroatoms. The summed E-state index contributed by atoms with van der Waals surface area (Å²) in [6.45, 7) is 3.65. The number of ether oxygens (including phenoxy) is 1. The molecule has 1 aliphatic heterocycles. The highest BCUT2D eigenvalue weighted by atomic mass is 79.9. The summed E-state index contributed by atoms with van der Waals surface area (Å²) in [4.78, 5) is 11.8. The van der Waals surface area contributed by atoms with Gasteiger partial charge in [-0.3, -0.25) is 4.79 Å². The zero-order chi connectivity index (χ0) is 11.9. The summed E-state index contributed by atoms with van der Waals surface area (Å²) in [6.07, 6.45) is 5.78. The Morgan fingerprint density at radius 1 is 1.38 bits per heavy atom. The summed E-state index contributed by atoms with van der Waals surface area (Å²) in [5.74, 6) is 0.190. The first-order valence-electron chi connectivity index (χ1n) is 6.17. The fourth-order valence-electron chi connectivity index (χ4n) is 1.95. The number of nitrogens with one attached hydrogen (secondary N) is 1. The predicted molar refractivity (Wildman–Crippen MR) is 68.9 cm³/mol. The third kappa shape index (κ3) is 4.42. The third-order valence-electron chi connectivity index (χ3n) is 3.12. The maximum atomic E-state index is 11.8. The average molecular weight is 292 g/mol. The van der Waals surface area contributed by atoms with Gasteiger partial charge in [-0.25, -0.2) is 0 Å². The minimum absolute atomic E-state index is 0.0679. The molecule has 94 valence electrons. The third-order valence-corrected chi connectivity index (χ3v) is 4.19. The van der Waals surface area contributed by atoms with Crippen molar-refractivity contribution in [1.82, 2.24) is 5.32 Å². The van der Waals surface area contributed by atoms with Crippen molar-refractivity contribution in [2.75, 3.05) is 18.5 Å². The van der Waals surface area contributed by atoms with Crippen LogP contribution >= 0.6 is 15.9 Å². The molecular weight excluding hydrogens is 270 g/mol. The molecule has 1 amide bonds. The lowest BCUT2D eigenvalue weighted by molar-refractivity contribution is -0.124. The Hall–Kier alpha value is -0.0900. The Morgan fingerprint density at radius 3 is 2.62 bits per heavy atom. The van der Waals surface area contributed by atoms with Crippen molar-refractivity contribution in [3.05, 3.63) is 0 Å². The van der Waals surface area contributed by atoms with E-state index < -0.39 is 0 Å². The van der Waals surface area contributed by atoms with Gasteiger partial charge >= 0.3 is 0 Å². The summed E-state index contributed by atoms with van der Waals surface area (Å²) >= 11 is 3.51. The zero-order valence-electron chi connectivity index (χ0n) is 10.1. The van der Waals surface area contributed by atoms with E-state index >= 15 is 0 Å². The van der Waals surface area contributed by atoms with E-state index in [1.807, 2.05) is 0 Å². The van der Waals surface area contributed by atoms with Crippen LogP contribution < -0.4 is 5.32 Å². The first-order valence-corrected chi connectivity index (χ1v) is 7.29. The molecule has 0 radical (unpaired) electrons. The minimum Gasteiger partial charge on any atom is -0.381 e. The molecule has 0 unspecified atom stereocenters. The second kappa shape index (κ2) is 7.28. The van der Waals surface area contributed by atoms with Crippen LogP contribution in [0.25, 0.3) is 0 Å². The number of halogens is 1. The van der Waals surface area contributed by atoms with Gasteiger partial charge in [-0.05, 0) is 19.3 Å². The van der Waals surface area contributed by atoms with Gasteiger partial charge in [0.05, 0.1) is 5.54 Å². The molecule has 1 N–H and O–H groups in total. The predicted octanol–water partition coefficient (Wildman–Crippen LogP) is 2.63. The van der Waals surface area contributed by atoms with Crippen LogP contribution in [0, 0.1) is 0 Å². The molecule has 0 aromatic rings. The van der Waals surface area contributed by atoms with Crippen LogP contribution in [-0.2, 0) is 9.53 Å². The van der Waals surface area contributed by atoms with Gasteiger partial charge in [0.1, 0.15) is 0 Å². The van der Waals surface area contributed by atoms with Crippen molar-refractivity contribution in [3.8, 4) is 0 Å². The fourth-order valence-corrected chi connectivity index (χ4v) is 2.65. The number of amides is 1. The van der Waals surface area contributed by atoms with E-state index in [0.717, 1.165) is 50.6 Å². The lowest BCUT2D eigenvalue weighted by atomic mass is 9.92. The Balaban J connectivity index is 2.33. The lowest BCUT2D eigenvalue weighted by Crippen LogP contribution is -2.53. The summed E-state index contributed by atoms with van der Waals surface area (Å²) < 4.78 is 5.33. The van der Waals surface area contributed by atoms with Crippen LogP contribution in [0.2, 0.25) is 0 Å². The lowest BCUT2D eigenvalue weighted by Gasteiger charge is -2.36.